The van der Waals surface area contributed by atoms with E-state index in [1.165, 1.54) is 24.8 Å². The Kier molecular flexibility index (Phi) is 7.73. The molecule has 0 bridgehead atoms. The van der Waals surface area contributed by atoms with Gasteiger partial charge in [-0.05, 0) is 32.8 Å². The Hall–Kier alpha value is -4.19. The van der Waals surface area contributed by atoms with E-state index in [2.05, 4.69) is 40.9 Å². The van der Waals surface area contributed by atoms with Crippen molar-refractivity contribution in [1.82, 2.24) is 30.2 Å². The summed E-state index contributed by atoms with van der Waals surface area (Å²) < 4.78 is 10.9. The van der Waals surface area contributed by atoms with Crippen LogP contribution in [-0.2, 0) is 4.74 Å². The number of hydrogen-bond donors (Lipinski definition) is 3. The van der Waals surface area contributed by atoms with Crippen LogP contribution in [0, 0.1) is 0 Å². The fraction of sp³-hybridized carbons (Fsp3) is 0.348. The van der Waals surface area contributed by atoms with Crippen LogP contribution in [-0.4, -0.2) is 56.2 Å². The van der Waals surface area contributed by atoms with Crippen molar-refractivity contribution in [3.8, 4) is 5.88 Å². The van der Waals surface area contributed by atoms with Crippen LogP contribution >= 0.6 is 0 Å². The molecule has 0 radical (unpaired) electrons. The molecule has 0 saturated heterocycles. The second-order valence-electron chi connectivity index (χ2n) is 8.09. The predicted molar refractivity (Wildman–Crippen MR) is 127 cm³/mol. The first-order chi connectivity index (χ1) is 17.0. The van der Waals surface area contributed by atoms with E-state index < -0.39 is 6.09 Å². The van der Waals surface area contributed by atoms with Crippen LogP contribution in [0.3, 0.4) is 0 Å². The maximum Gasteiger partial charge on any atom is 0.418 e. The van der Waals surface area contributed by atoms with Crippen molar-refractivity contribution in [1.29, 1.82) is 0 Å². The van der Waals surface area contributed by atoms with Gasteiger partial charge in [0.2, 0.25) is 0 Å². The van der Waals surface area contributed by atoms with Crippen LogP contribution < -0.4 is 20.7 Å². The van der Waals surface area contributed by atoms with E-state index in [1.54, 1.807) is 18.6 Å². The van der Waals surface area contributed by atoms with E-state index in [0.717, 1.165) is 18.5 Å². The van der Waals surface area contributed by atoms with Gasteiger partial charge in [-0.3, -0.25) is 15.1 Å². The lowest BCUT2D eigenvalue weighted by molar-refractivity contribution is 0.0747. The van der Waals surface area contributed by atoms with Gasteiger partial charge in [-0.15, -0.1) is 0 Å². The summed E-state index contributed by atoms with van der Waals surface area (Å²) in [6, 6.07) is 1.50. The molecule has 2 amide bonds. The van der Waals surface area contributed by atoms with Gasteiger partial charge in [0.05, 0.1) is 60.1 Å². The Bertz CT molecular complexity index is 1170. The van der Waals surface area contributed by atoms with Gasteiger partial charge in [-0.1, -0.05) is 0 Å². The quantitative estimate of drug-likeness (QED) is 0.371. The van der Waals surface area contributed by atoms with Gasteiger partial charge in [0.25, 0.3) is 11.8 Å². The lowest BCUT2D eigenvalue weighted by Gasteiger charge is -2.13. The number of rotatable bonds is 10. The molecule has 0 aliphatic heterocycles. The fourth-order valence-corrected chi connectivity index (χ4v) is 3.09. The average molecular weight is 479 g/mol. The van der Waals surface area contributed by atoms with Gasteiger partial charge in [0.1, 0.15) is 6.33 Å². The molecule has 1 aliphatic rings. The Morgan fingerprint density at radius 1 is 1.11 bits per heavy atom. The number of aromatic nitrogens is 5. The Balaban J connectivity index is 1.45. The highest BCUT2D eigenvalue weighted by molar-refractivity contribution is 6.02. The molecule has 3 N–H and O–H groups in total. The summed E-state index contributed by atoms with van der Waals surface area (Å²) in [6.07, 6.45) is 10.2. The minimum absolute atomic E-state index is 0.00326. The summed E-state index contributed by atoms with van der Waals surface area (Å²) in [6.45, 7) is 4.53. The zero-order chi connectivity index (χ0) is 24.6. The molecule has 182 valence electrons. The van der Waals surface area contributed by atoms with Crippen LogP contribution in [0.2, 0.25) is 0 Å². The number of amides is 2. The first kappa shape index (κ1) is 24.0. The van der Waals surface area contributed by atoms with E-state index in [1.807, 2.05) is 13.8 Å². The predicted octanol–water partition coefficient (Wildman–Crippen LogP) is 3.05. The number of nitrogens with zero attached hydrogens (tertiary/aromatic N) is 5. The lowest BCUT2D eigenvalue weighted by Crippen LogP contribution is -2.29. The molecule has 4 rings (SSSR count). The molecule has 1 saturated carbocycles. The van der Waals surface area contributed by atoms with Crippen molar-refractivity contribution in [3.63, 3.8) is 0 Å². The molecule has 3 aromatic heterocycles. The van der Waals surface area contributed by atoms with Crippen molar-refractivity contribution in [3.05, 3.63) is 54.6 Å². The molecule has 12 heteroatoms. The van der Waals surface area contributed by atoms with E-state index in [9.17, 15) is 9.59 Å². The Morgan fingerprint density at radius 3 is 2.66 bits per heavy atom. The largest absolute Gasteiger partial charge is 0.418 e. The third-order valence-corrected chi connectivity index (χ3v) is 4.91. The number of carbonyl (C=O) groups is 2. The number of nitrogens with one attached hydrogen (secondary N) is 3. The second kappa shape index (κ2) is 11.3. The van der Waals surface area contributed by atoms with Gasteiger partial charge in [0, 0.05) is 18.7 Å². The van der Waals surface area contributed by atoms with E-state index in [4.69, 9.17) is 9.47 Å². The topological polar surface area (TPSA) is 153 Å². The highest BCUT2D eigenvalue weighted by Crippen LogP contribution is 2.40. The van der Waals surface area contributed by atoms with Crippen LogP contribution in [0.4, 0.5) is 22.0 Å². The van der Waals surface area contributed by atoms with Gasteiger partial charge in [-0.25, -0.2) is 24.7 Å². The van der Waals surface area contributed by atoms with Crippen molar-refractivity contribution in [2.45, 2.75) is 38.7 Å². The molecular weight excluding hydrogens is 452 g/mol. The molecule has 3 aromatic rings. The molecule has 12 nitrogen and oxygen atoms in total. The van der Waals surface area contributed by atoms with Gasteiger partial charge in [-0.2, -0.15) is 0 Å². The average Bonchev–Trinajstić information content (AvgIpc) is 3.69. The molecule has 0 aromatic carbocycles. The van der Waals surface area contributed by atoms with E-state index in [-0.39, 0.29) is 35.0 Å². The highest BCUT2D eigenvalue weighted by atomic mass is 16.6. The van der Waals surface area contributed by atoms with Crippen LogP contribution in [0.1, 0.15) is 48.7 Å². The van der Waals surface area contributed by atoms with Crippen molar-refractivity contribution >= 4 is 29.2 Å². The summed E-state index contributed by atoms with van der Waals surface area (Å²) in [5.74, 6) is 0.150. The molecular formula is C23H26N8O4. The molecule has 0 unspecified atom stereocenters. The number of pyridine rings is 1. The molecule has 1 fully saturated rings. The van der Waals surface area contributed by atoms with Crippen molar-refractivity contribution < 1.29 is 19.1 Å². The minimum atomic E-state index is -0.843. The zero-order valence-corrected chi connectivity index (χ0v) is 19.4. The number of anilines is 3. The zero-order valence-electron chi connectivity index (χ0n) is 19.4. The molecule has 35 heavy (non-hydrogen) atoms. The molecule has 1 aliphatic carbocycles. The van der Waals surface area contributed by atoms with Crippen molar-refractivity contribution in [2.24, 2.45) is 0 Å². The van der Waals surface area contributed by atoms with E-state index >= 15 is 0 Å². The Morgan fingerprint density at radius 2 is 1.91 bits per heavy atom. The summed E-state index contributed by atoms with van der Waals surface area (Å²) in [7, 11) is 0. The summed E-state index contributed by atoms with van der Waals surface area (Å²) >= 11 is 0. The third kappa shape index (κ3) is 6.90. The normalized spacial score (nSPS) is 12.8. The van der Waals surface area contributed by atoms with Crippen LogP contribution in [0.5, 0.6) is 5.88 Å². The van der Waals surface area contributed by atoms with Crippen LogP contribution in [0.25, 0.3) is 0 Å². The number of hydrogen-bond acceptors (Lipinski definition) is 10. The summed E-state index contributed by atoms with van der Waals surface area (Å²) in [5, 5.41) is 8.32. The lowest BCUT2D eigenvalue weighted by atomic mass is 10.2. The standard InChI is InChI=1S/C23H26N8O4/c1-14(2)34-8-7-27-21(32)17-5-6-24-11-19(17)31-23(33)35-22-20(29-16-9-25-13-26-10-16)28-12-18(30-22)15-3-4-15/h5-6,9-15H,3-4,7-8H2,1-2H3,(H,27,32)(H,28,29)(H,31,33). The monoisotopic (exact) mass is 478 g/mol. The smallest absolute Gasteiger partial charge is 0.387 e. The first-order valence-electron chi connectivity index (χ1n) is 11.2. The summed E-state index contributed by atoms with van der Waals surface area (Å²) in [4.78, 5) is 46.1. The fourth-order valence-electron chi connectivity index (χ4n) is 3.09. The Labute approximate surface area is 201 Å². The first-order valence-corrected chi connectivity index (χ1v) is 11.2. The second-order valence-corrected chi connectivity index (χ2v) is 8.09. The SMILES string of the molecule is CC(C)OCCNC(=O)c1ccncc1NC(=O)Oc1nc(C2CC2)cnc1Nc1cncnc1. The van der Waals surface area contributed by atoms with E-state index in [0.29, 0.717) is 24.8 Å². The third-order valence-electron chi connectivity index (χ3n) is 4.91. The summed E-state index contributed by atoms with van der Waals surface area (Å²) in [5.41, 5.74) is 1.72. The van der Waals surface area contributed by atoms with Gasteiger partial charge < -0.3 is 20.1 Å². The minimum Gasteiger partial charge on any atom is -0.387 e. The highest BCUT2D eigenvalue weighted by Gasteiger charge is 2.27. The molecule has 3 heterocycles. The van der Waals surface area contributed by atoms with Gasteiger partial charge >= 0.3 is 6.09 Å². The van der Waals surface area contributed by atoms with Crippen molar-refractivity contribution in [2.75, 3.05) is 23.8 Å². The van der Waals surface area contributed by atoms with Crippen LogP contribution in [0.15, 0.2) is 43.4 Å². The number of carbonyl (C=O) groups excluding carboxylic acids is 2. The maximum absolute atomic E-state index is 12.8. The molecule has 0 atom stereocenters. The number of ether oxygens (including phenoxy) is 2. The van der Waals surface area contributed by atoms with Gasteiger partial charge in [0.15, 0.2) is 5.82 Å². The molecule has 0 spiro atoms. The maximum atomic E-state index is 12.8.